The van der Waals surface area contributed by atoms with Gasteiger partial charge in [-0.25, -0.2) is 9.97 Å². The summed E-state index contributed by atoms with van der Waals surface area (Å²) in [4.78, 5) is 12.7. The van der Waals surface area contributed by atoms with E-state index in [9.17, 15) is 13.2 Å². The van der Waals surface area contributed by atoms with E-state index in [-0.39, 0.29) is 5.39 Å². The van der Waals surface area contributed by atoms with Crippen LogP contribution in [0.15, 0.2) is 33.9 Å². The molecule has 3 aromatic rings. The number of alkyl halides is 3. The van der Waals surface area contributed by atoms with E-state index in [1.807, 2.05) is 6.26 Å². The van der Waals surface area contributed by atoms with Gasteiger partial charge in [-0.1, -0.05) is 11.8 Å². The van der Waals surface area contributed by atoms with Crippen LogP contribution in [0.3, 0.4) is 0 Å². The van der Waals surface area contributed by atoms with E-state index in [0.717, 1.165) is 21.7 Å². The Morgan fingerprint density at radius 3 is 2.76 bits per heavy atom. The number of thioether (sulfide) groups is 2. The molecule has 3 aromatic heterocycles. The minimum absolute atomic E-state index is 0.206. The predicted octanol–water partition coefficient (Wildman–Crippen LogP) is 4.74. The molecule has 0 radical (unpaired) electrons. The number of rotatable bonds is 5. The highest BCUT2D eigenvalue weighted by Gasteiger charge is 2.33. The van der Waals surface area contributed by atoms with Crippen LogP contribution in [0.4, 0.5) is 19.0 Å². The summed E-state index contributed by atoms with van der Waals surface area (Å²) in [5, 5.41) is 2.67. The number of hydrogen-bond donors (Lipinski definition) is 1. The highest BCUT2D eigenvalue weighted by Crippen LogP contribution is 2.38. The van der Waals surface area contributed by atoms with Crippen molar-refractivity contribution in [2.45, 2.75) is 22.8 Å². The summed E-state index contributed by atoms with van der Waals surface area (Å²) in [5.41, 5.74) is 5.74. The monoisotopic (exact) mass is 402 g/mol. The first-order valence-electron chi connectivity index (χ1n) is 7.11. The Hall–Kier alpha value is -1.52. The van der Waals surface area contributed by atoms with Crippen molar-refractivity contribution in [1.82, 2.24) is 15.0 Å². The van der Waals surface area contributed by atoms with Crippen molar-refractivity contribution >= 4 is 50.8 Å². The molecule has 0 bridgehead atoms. The van der Waals surface area contributed by atoms with E-state index in [4.69, 9.17) is 5.73 Å². The Kier molecular flexibility index (Phi) is 5.40. The highest BCUT2D eigenvalue weighted by molar-refractivity contribution is 7.99. The molecule has 0 spiro atoms. The van der Waals surface area contributed by atoms with Gasteiger partial charge in [-0.05, 0) is 18.7 Å². The van der Waals surface area contributed by atoms with Crippen LogP contribution in [0.1, 0.15) is 11.3 Å². The van der Waals surface area contributed by atoms with E-state index >= 15 is 0 Å². The normalized spacial score (nSPS) is 12.0. The van der Waals surface area contributed by atoms with Gasteiger partial charge in [0.2, 0.25) is 0 Å². The molecule has 132 valence electrons. The average Bonchev–Trinajstić information content (AvgIpc) is 2.97. The molecule has 0 aliphatic rings. The highest BCUT2D eigenvalue weighted by atomic mass is 32.2. The van der Waals surface area contributed by atoms with E-state index < -0.39 is 11.7 Å². The fraction of sp³-hybridized carbons (Fsp3) is 0.267. The zero-order valence-corrected chi connectivity index (χ0v) is 15.5. The standard InChI is InChI=1S/C15H13F3N4S3/c1-23-13-5-12(19)21-14(22-13)24-3-2-8-4-9-10(15(16,17)18)7-25-11(9)6-20-8/h4-7H,2-3H2,1H3,(H2,19,21,22). The second kappa shape index (κ2) is 7.38. The van der Waals surface area contributed by atoms with Crippen molar-refractivity contribution in [3.63, 3.8) is 0 Å². The number of nitrogens with two attached hydrogens (primary N) is 1. The summed E-state index contributed by atoms with van der Waals surface area (Å²) < 4.78 is 39.6. The summed E-state index contributed by atoms with van der Waals surface area (Å²) in [7, 11) is 0. The lowest BCUT2D eigenvalue weighted by Crippen LogP contribution is -2.03. The first kappa shape index (κ1) is 18.3. The van der Waals surface area contributed by atoms with Crippen LogP contribution in [0.2, 0.25) is 0 Å². The smallest absolute Gasteiger partial charge is 0.384 e. The van der Waals surface area contributed by atoms with Crippen LogP contribution < -0.4 is 5.73 Å². The van der Waals surface area contributed by atoms with Gasteiger partial charge in [-0.15, -0.1) is 23.1 Å². The molecule has 0 fully saturated rings. The molecule has 10 heteroatoms. The molecular weight excluding hydrogens is 389 g/mol. The maximum absolute atomic E-state index is 13.0. The van der Waals surface area contributed by atoms with Crippen molar-refractivity contribution in [1.29, 1.82) is 0 Å². The molecule has 2 N–H and O–H groups in total. The van der Waals surface area contributed by atoms with Gasteiger partial charge in [0, 0.05) is 34.5 Å². The zero-order valence-electron chi connectivity index (χ0n) is 13.0. The Morgan fingerprint density at radius 2 is 2.04 bits per heavy atom. The second-order valence-electron chi connectivity index (χ2n) is 5.04. The SMILES string of the molecule is CSc1cc(N)nc(SCCc2cc3c(C(F)(F)F)csc3cn2)n1. The summed E-state index contributed by atoms with van der Waals surface area (Å²) in [6, 6.07) is 3.21. The number of aromatic nitrogens is 3. The number of nitrogens with zero attached hydrogens (tertiary/aromatic N) is 3. The average molecular weight is 402 g/mol. The lowest BCUT2D eigenvalue weighted by Gasteiger charge is -2.06. The molecule has 0 unspecified atom stereocenters. The molecule has 0 aliphatic heterocycles. The number of aryl methyl sites for hydroxylation is 1. The fourth-order valence-electron chi connectivity index (χ4n) is 2.17. The Morgan fingerprint density at radius 1 is 1.24 bits per heavy atom. The van der Waals surface area contributed by atoms with Crippen molar-refractivity contribution in [3.8, 4) is 0 Å². The molecule has 0 amide bonds. The third kappa shape index (κ3) is 4.36. The number of anilines is 1. The van der Waals surface area contributed by atoms with Crippen LogP contribution in [-0.2, 0) is 12.6 Å². The van der Waals surface area contributed by atoms with Crippen LogP contribution in [0.5, 0.6) is 0 Å². The topological polar surface area (TPSA) is 64.7 Å². The van der Waals surface area contributed by atoms with Gasteiger partial charge in [0.1, 0.15) is 10.8 Å². The maximum Gasteiger partial charge on any atom is 0.417 e. The zero-order chi connectivity index (χ0) is 18.0. The minimum Gasteiger partial charge on any atom is -0.384 e. The van der Waals surface area contributed by atoms with Crippen molar-refractivity contribution in [2.24, 2.45) is 0 Å². The number of fused-ring (bicyclic) bond motifs is 1. The largest absolute Gasteiger partial charge is 0.417 e. The number of thiophene rings is 1. The summed E-state index contributed by atoms with van der Waals surface area (Å²) >= 11 is 3.92. The maximum atomic E-state index is 13.0. The van der Waals surface area contributed by atoms with Crippen LogP contribution in [0.25, 0.3) is 10.1 Å². The van der Waals surface area contributed by atoms with Crippen LogP contribution in [0, 0.1) is 0 Å². The van der Waals surface area contributed by atoms with Gasteiger partial charge in [-0.2, -0.15) is 13.2 Å². The summed E-state index contributed by atoms with van der Waals surface area (Å²) in [6.07, 6.45) is -0.442. The van der Waals surface area contributed by atoms with Crippen molar-refractivity contribution in [3.05, 3.63) is 35.0 Å². The minimum atomic E-state index is -4.35. The van der Waals surface area contributed by atoms with Gasteiger partial charge in [0.15, 0.2) is 5.16 Å². The van der Waals surface area contributed by atoms with E-state index in [2.05, 4.69) is 15.0 Å². The number of pyridine rings is 1. The number of nitrogen functional groups attached to an aromatic ring is 1. The molecule has 25 heavy (non-hydrogen) atoms. The molecule has 0 saturated carbocycles. The lowest BCUT2D eigenvalue weighted by molar-refractivity contribution is -0.136. The third-order valence-corrected chi connectivity index (χ3v) is 5.73. The van der Waals surface area contributed by atoms with Gasteiger partial charge in [-0.3, -0.25) is 4.98 Å². The van der Waals surface area contributed by atoms with Crippen LogP contribution >= 0.6 is 34.9 Å². The molecule has 0 aromatic carbocycles. The van der Waals surface area contributed by atoms with E-state index in [0.29, 0.717) is 33.5 Å². The lowest BCUT2D eigenvalue weighted by atomic mass is 10.1. The second-order valence-corrected chi connectivity index (χ2v) is 7.83. The first-order chi connectivity index (χ1) is 11.9. The Labute approximate surface area is 154 Å². The van der Waals surface area contributed by atoms with E-state index in [1.165, 1.54) is 35.8 Å². The Balaban J connectivity index is 1.72. The molecule has 3 heterocycles. The van der Waals surface area contributed by atoms with Gasteiger partial charge in [0.25, 0.3) is 0 Å². The quantitative estimate of drug-likeness (QED) is 0.378. The molecule has 3 rings (SSSR count). The predicted molar refractivity (Wildman–Crippen MR) is 97.3 cm³/mol. The molecule has 0 atom stereocenters. The van der Waals surface area contributed by atoms with Crippen molar-refractivity contribution in [2.75, 3.05) is 17.7 Å². The van der Waals surface area contributed by atoms with E-state index in [1.54, 1.807) is 6.07 Å². The van der Waals surface area contributed by atoms with Gasteiger partial charge in [0.05, 0.1) is 10.3 Å². The first-order valence-corrected chi connectivity index (χ1v) is 10.2. The van der Waals surface area contributed by atoms with Gasteiger partial charge >= 0.3 is 6.18 Å². The fourth-order valence-corrected chi connectivity index (χ4v) is 4.38. The molecular formula is C15H13F3N4S3. The van der Waals surface area contributed by atoms with Crippen LogP contribution in [-0.4, -0.2) is 27.0 Å². The molecule has 0 saturated heterocycles. The van der Waals surface area contributed by atoms with Gasteiger partial charge < -0.3 is 5.73 Å². The van der Waals surface area contributed by atoms with Crippen molar-refractivity contribution < 1.29 is 13.2 Å². The third-order valence-electron chi connectivity index (χ3n) is 3.32. The number of halogens is 3. The summed E-state index contributed by atoms with van der Waals surface area (Å²) in [5.74, 6) is 0.996. The summed E-state index contributed by atoms with van der Waals surface area (Å²) in [6.45, 7) is 0. The Bertz CT molecular complexity index is 895. The molecule has 0 aliphatic carbocycles. The molecule has 4 nitrogen and oxygen atoms in total. The number of hydrogen-bond acceptors (Lipinski definition) is 7.